The zero-order chi connectivity index (χ0) is 41.5. The van der Waals surface area contributed by atoms with Gasteiger partial charge < -0.3 is 46.1 Å². The number of rotatable bonds is 16. The van der Waals surface area contributed by atoms with Gasteiger partial charge in [-0.15, -0.1) is 0 Å². The number of carboxylic acid groups (broad SMARTS) is 1. The Hall–Kier alpha value is -6.80. The monoisotopic (exact) mass is 796 g/mol. The van der Waals surface area contributed by atoms with E-state index >= 15 is 0 Å². The number of aromatic amines is 1. The average Bonchev–Trinajstić information content (AvgIpc) is 3.24. The number of carbonyl (C=O) groups is 3. The molecule has 0 aliphatic heterocycles. The number of aromatic hydroxyl groups is 1. The largest absolute Gasteiger partial charge is 0.506 e. The maximum atomic E-state index is 12.9. The number of nitrogens with one attached hydrogen (secondary N) is 4. The molecule has 2 atom stereocenters. The maximum absolute atomic E-state index is 12.9. The van der Waals surface area contributed by atoms with Crippen LogP contribution in [0.3, 0.4) is 0 Å². The molecule has 0 spiro atoms. The van der Waals surface area contributed by atoms with Crippen LogP contribution in [0, 0.1) is 0 Å². The van der Waals surface area contributed by atoms with E-state index < -0.39 is 17.7 Å². The van der Waals surface area contributed by atoms with Crippen molar-refractivity contribution in [3.63, 3.8) is 0 Å². The molecule has 13 heteroatoms. The lowest BCUT2D eigenvalue weighted by Crippen LogP contribution is -2.53. The molecule has 1 aromatic heterocycles. The lowest BCUT2D eigenvalue weighted by molar-refractivity contribution is -0.155. The molecule has 7 rings (SSSR count). The first-order chi connectivity index (χ1) is 28.5. The van der Waals surface area contributed by atoms with E-state index in [1.165, 1.54) is 24.3 Å². The molecule has 1 aliphatic carbocycles. The number of aromatic nitrogens is 1. The molecule has 6 aromatic rings. The fraction of sp³-hybridized carbons (Fsp3) is 0.217. The molecule has 0 radical (unpaired) electrons. The second-order valence-corrected chi connectivity index (χ2v) is 14.7. The number of carboxylic acids is 1. The van der Waals surface area contributed by atoms with Crippen LogP contribution >= 0.6 is 0 Å². The van der Waals surface area contributed by atoms with E-state index in [9.17, 15) is 39.6 Å². The highest BCUT2D eigenvalue weighted by atomic mass is 16.5. The number of fused-ring (bicyclic) bond motifs is 1. The van der Waals surface area contributed by atoms with Crippen molar-refractivity contribution >= 4 is 28.7 Å². The Kier molecular flexibility index (Phi) is 12.2. The van der Waals surface area contributed by atoms with Crippen molar-refractivity contribution in [1.29, 1.82) is 0 Å². The third kappa shape index (κ3) is 9.34. The van der Waals surface area contributed by atoms with Gasteiger partial charge in [-0.3, -0.25) is 14.4 Å². The van der Waals surface area contributed by atoms with Crippen molar-refractivity contribution in [1.82, 2.24) is 20.9 Å². The predicted octanol–water partition coefficient (Wildman–Crippen LogP) is 4.69. The number of aliphatic hydroxyl groups is 2. The minimum atomic E-state index is -2.25. The maximum Gasteiger partial charge on any atom is 0.345 e. The Labute approximate surface area is 339 Å². The molecule has 13 nitrogen and oxygen atoms in total. The molecule has 1 aliphatic rings. The lowest BCUT2D eigenvalue weighted by Gasteiger charge is -2.36. The predicted molar refractivity (Wildman–Crippen MR) is 220 cm³/mol. The van der Waals surface area contributed by atoms with Gasteiger partial charge in [-0.05, 0) is 96.6 Å². The summed E-state index contributed by atoms with van der Waals surface area (Å²) in [7, 11) is 0. The molecule has 0 bridgehead atoms. The van der Waals surface area contributed by atoms with Gasteiger partial charge in [0.15, 0.2) is 0 Å². The number of phenols is 1. The van der Waals surface area contributed by atoms with E-state index in [1.807, 2.05) is 12.1 Å². The van der Waals surface area contributed by atoms with Gasteiger partial charge in [0.05, 0.1) is 11.6 Å². The number of phenolic OH excluding ortho intramolecular Hbond substituents is 1. The van der Waals surface area contributed by atoms with Crippen LogP contribution in [-0.4, -0.2) is 68.4 Å². The summed E-state index contributed by atoms with van der Waals surface area (Å²) in [5.41, 5.74) is 1.50. The van der Waals surface area contributed by atoms with Crippen LogP contribution in [-0.2, 0) is 23.4 Å². The van der Waals surface area contributed by atoms with Crippen molar-refractivity contribution in [2.75, 3.05) is 13.1 Å². The molecular formula is C46H44N4O9. The average molecular weight is 797 g/mol. The summed E-state index contributed by atoms with van der Waals surface area (Å²) in [5.74, 6) is -1.49. The molecule has 2 amide bonds. The molecule has 1 heterocycles. The number of hydrogen-bond donors (Lipinski definition) is 8. The van der Waals surface area contributed by atoms with Crippen LogP contribution in [0.4, 0.5) is 0 Å². The fourth-order valence-electron chi connectivity index (χ4n) is 7.17. The smallest absolute Gasteiger partial charge is 0.345 e. The highest BCUT2D eigenvalue weighted by Crippen LogP contribution is 2.33. The van der Waals surface area contributed by atoms with Gasteiger partial charge in [0.1, 0.15) is 18.1 Å². The summed E-state index contributed by atoms with van der Waals surface area (Å²) in [6.45, 7) is 1.01. The van der Waals surface area contributed by atoms with E-state index in [4.69, 9.17) is 4.74 Å². The van der Waals surface area contributed by atoms with Crippen LogP contribution in [0.2, 0.25) is 0 Å². The highest BCUT2D eigenvalue weighted by Gasteiger charge is 2.40. The summed E-state index contributed by atoms with van der Waals surface area (Å²) in [6.07, 6.45) is 1.03. The first-order valence-corrected chi connectivity index (χ1v) is 19.3. The number of benzene rings is 5. The number of aliphatic hydroxyl groups excluding tert-OH is 1. The zero-order valence-electron chi connectivity index (χ0n) is 31.9. The van der Waals surface area contributed by atoms with Crippen molar-refractivity contribution in [2.45, 2.75) is 49.7 Å². The normalized spacial score (nSPS) is 16.3. The van der Waals surface area contributed by atoms with Gasteiger partial charge in [-0.1, -0.05) is 72.8 Å². The number of H-pyrrole nitrogens is 1. The van der Waals surface area contributed by atoms with E-state index in [1.54, 1.807) is 91.0 Å². The Morgan fingerprint density at radius 3 is 2.03 bits per heavy atom. The van der Waals surface area contributed by atoms with E-state index in [0.29, 0.717) is 53.6 Å². The van der Waals surface area contributed by atoms with Gasteiger partial charge in [0.25, 0.3) is 11.8 Å². The van der Waals surface area contributed by atoms with Crippen LogP contribution < -0.4 is 26.2 Å². The molecule has 302 valence electrons. The topological polar surface area (TPSA) is 210 Å². The summed E-state index contributed by atoms with van der Waals surface area (Å²) < 4.78 is 5.91. The minimum absolute atomic E-state index is 0.0621. The molecular weight excluding hydrogens is 753 g/mol. The summed E-state index contributed by atoms with van der Waals surface area (Å²) >= 11 is 0. The highest BCUT2D eigenvalue weighted by molar-refractivity contribution is 5.95. The third-order valence-corrected chi connectivity index (χ3v) is 10.6. The third-order valence-electron chi connectivity index (χ3n) is 10.6. The Bertz CT molecular complexity index is 2500. The summed E-state index contributed by atoms with van der Waals surface area (Å²) in [5, 5.41) is 51.8. The molecule has 8 N–H and O–H groups in total. The number of aliphatic carboxylic acids is 1. The summed E-state index contributed by atoms with van der Waals surface area (Å²) in [6, 6.07) is 34.7. The van der Waals surface area contributed by atoms with Crippen molar-refractivity contribution in [3.05, 3.63) is 177 Å². The molecule has 0 saturated heterocycles. The van der Waals surface area contributed by atoms with Crippen molar-refractivity contribution in [3.8, 4) is 11.5 Å². The number of amides is 2. The summed E-state index contributed by atoms with van der Waals surface area (Å²) in [4.78, 5) is 52.3. The van der Waals surface area contributed by atoms with E-state index in [0.717, 1.165) is 11.1 Å². The fourth-order valence-corrected chi connectivity index (χ4v) is 7.17. The number of pyridine rings is 1. The Balaban J connectivity index is 0.814. The van der Waals surface area contributed by atoms with Crippen LogP contribution in [0.5, 0.6) is 11.5 Å². The van der Waals surface area contributed by atoms with Crippen LogP contribution in [0.15, 0.2) is 132 Å². The Morgan fingerprint density at radius 1 is 0.763 bits per heavy atom. The number of ether oxygens (including phenoxy) is 1. The van der Waals surface area contributed by atoms with Gasteiger partial charge in [-0.25, -0.2) is 4.79 Å². The van der Waals surface area contributed by atoms with Crippen LogP contribution in [0.1, 0.15) is 67.5 Å². The van der Waals surface area contributed by atoms with Crippen LogP contribution in [0.25, 0.3) is 10.9 Å². The van der Waals surface area contributed by atoms with Crippen molar-refractivity contribution in [2.24, 2.45) is 0 Å². The number of carbonyl (C=O) groups excluding carboxylic acids is 2. The minimum Gasteiger partial charge on any atom is -0.506 e. The van der Waals surface area contributed by atoms with Gasteiger partial charge in [-0.2, -0.15) is 0 Å². The molecule has 1 saturated carbocycles. The molecule has 1 fully saturated rings. The van der Waals surface area contributed by atoms with Gasteiger partial charge in [0, 0.05) is 46.8 Å². The van der Waals surface area contributed by atoms with Gasteiger partial charge >= 0.3 is 5.97 Å². The standard InChI is InChI=1S/C46H44N4O9/c51-39-19-17-37(38-18-20-41(53)50-42(38)39)40(52)26-47-22-21-28-9-13-30(14-10-28)43(54)48-34-24-35(25-34)49-44(55)31-15-11-29(12-16-31)27-59-36-8-4-7-33(23-36)46(58,45(56)57)32-5-2-1-3-6-32/h1-20,23,34-35,40,47,51-52,58H,21-22,24-27H2,(H,48,54)(H,49,55)(H,50,53)(H,56,57)/t34-,35-,40-,46-/m0/s1. The molecule has 5 aromatic carbocycles. The van der Waals surface area contributed by atoms with E-state index in [-0.39, 0.29) is 65.0 Å². The molecule has 0 unspecified atom stereocenters. The first kappa shape index (κ1) is 40.4. The molecule has 59 heavy (non-hydrogen) atoms. The second kappa shape index (κ2) is 17.8. The number of hydrogen-bond acceptors (Lipinski definition) is 9. The quantitative estimate of drug-likeness (QED) is 0.0634. The Morgan fingerprint density at radius 2 is 1.39 bits per heavy atom. The van der Waals surface area contributed by atoms with Gasteiger partial charge in [0.2, 0.25) is 11.2 Å². The van der Waals surface area contributed by atoms with E-state index in [2.05, 4.69) is 20.9 Å². The second-order valence-electron chi connectivity index (χ2n) is 14.7. The lowest BCUT2D eigenvalue weighted by atomic mass is 9.86. The first-order valence-electron chi connectivity index (χ1n) is 19.3. The SMILES string of the molecule is O=C(N[C@H]1C[C@H](NC(=O)c2ccc(COc3cccc([C@](O)(C(=O)O)c4ccccc4)c3)cc2)C1)c1ccc(CCNC[C@H](O)c2ccc(O)c3[nH]c(=O)ccc23)cc1. The zero-order valence-corrected chi connectivity index (χ0v) is 31.9. The van der Waals surface area contributed by atoms with Crippen molar-refractivity contribution < 1.29 is 39.5 Å².